The van der Waals surface area contributed by atoms with Gasteiger partial charge < -0.3 is 14.3 Å². The fourth-order valence-corrected chi connectivity index (χ4v) is 2.88. The van der Waals surface area contributed by atoms with E-state index in [0.717, 1.165) is 30.4 Å². The molecule has 0 amide bonds. The van der Waals surface area contributed by atoms with Gasteiger partial charge in [-0.05, 0) is 43.3 Å². The Labute approximate surface area is 104 Å². The molecule has 94 valence electrons. The van der Waals surface area contributed by atoms with Gasteiger partial charge in [-0.2, -0.15) is 0 Å². The van der Waals surface area contributed by atoms with Crippen molar-refractivity contribution in [2.24, 2.45) is 0 Å². The molecule has 1 aromatic rings. The summed E-state index contributed by atoms with van der Waals surface area (Å²) < 4.78 is 11.3. The van der Waals surface area contributed by atoms with E-state index in [9.17, 15) is 4.80 Å². The molecule has 1 aliphatic rings. The summed E-state index contributed by atoms with van der Waals surface area (Å²) in [5, 5.41) is 1.02. The van der Waals surface area contributed by atoms with Gasteiger partial charge in [0.15, 0.2) is 6.29 Å². The Kier molecular flexibility index (Phi) is 3.86. The molecule has 17 heavy (non-hydrogen) atoms. The summed E-state index contributed by atoms with van der Waals surface area (Å²) in [6.45, 7) is 4.61. The van der Waals surface area contributed by atoms with Gasteiger partial charge in [0.25, 0.3) is 0 Å². The van der Waals surface area contributed by atoms with E-state index in [0.29, 0.717) is 0 Å². The molecule has 1 atom stereocenters. The molecule has 1 aromatic carbocycles. The first kappa shape index (κ1) is 12.6. The molecule has 0 bridgehead atoms. The van der Waals surface area contributed by atoms with E-state index in [1.54, 1.807) is 0 Å². The van der Waals surface area contributed by atoms with Crippen LogP contribution < -0.4 is 9.92 Å². The number of hydrogen-bond donors (Lipinski definition) is 1. The Morgan fingerprint density at radius 3 is 2.47 bits per heavy atom. The summed E-state index contributed by atoms with van der Waals surface area (Å²) >= 11 is 0. The van der Waals surface area contributed by atoms with Gasteiger partial charge in [-0.3, -0.25) is 0 Å². The zero-order chi connectivity index (χ0) is 12.3. The van der Waals surface area contributed by atoms with Crippen molar-refractivity contribution in [2.45, 2.75) is 38.6 Å². The first-order chi connectivity index (χ1) is 8.05. The van der Waals surface area contributed by atoms with E-state index >= 15 is 0 Å². The highest BCUT2D eigenvalue weighted by Crippen LogP contribution is 2.18. The maximum Gasteiger partial charge on any atom is 0.213 e. The van der Waals surface area contributed by atoms with Crippen molar-refractivity contribution < 1.29 is 14.3 Å². The van der Waals surface area contributed by atoms with E-state index in [1.165, 1.54) is 6.42 Å². The molecule has 3 nitrogen and oxygen atoms in total. The lowest BCUT2D eigenvalue weighted by Crippen LogP contribution is -2.41. The van der Waals surface area contributed by atoms with Crippen molar-refractivity contribution >= 4 is 13.5 Å². The maximum atomic E-state index is 9.97. The number of ether oxygens (including phenoxy) is 2. The topological polar surface area (TPSA) is 38.7 Å². The lowest BCUT2D eigenvalue weighted by molar-refractivity contribution is -0.105. The van der Waals surface area contributed by atoms with Crippen LogP contribution in [-0.4, -0.2) is 26.0 Å². The van der Waals surface area contributed by atoms with Crippen LogP contribution in [0.2, 0.25) is 13.1 Å². The third-order valence-corrected chi connectivity index (χ3v) is 4.71. The Morgan fingerprint density at radius 1 is 1.24 bits per heavy atom. The van der Waals surface area contributed by atoms with Crippen LogP contribution in [0.4, 0.5) is 0 Å². The van der Waals surface area contributed by atoms with E-state index in [2.05, 4.69) is 0 Å². The second-order valence-electron chi connectivity index (χ2n) is 5.00. The van der Waals surface area contributed by atoms with Gasteiger partial charge in [-0.25, -0.2) is 0 Å². The zero-order valence-electron chi connectivity index (χ0n) is 10.5. The van der Waals surface area contributed by atoms with Crippen molar-refractivity contribution in [1.29, 1.82) is 0 Å². The van der Waals surface area contributed by atoms with Crippen LogP contribution >= 0.6 is 0 Å². The molecule has 0 saturated carbocycles. The van der Waals surface area contributed by atoms with Crippen LogP contribution in [0.3, 0.4) is 0 Å². The van der Waals surface area contributed by atoms with Crippen molar-refractivity contribution in [2.75, 3.05) is 6.61 Å². The van der Waals surface area contributed by atoms with Gasteiger partial charge in [-0.15, -0.1) is 0 Å². The van der Waals surface area contributed by atoms with Crippen molar-refractivity contribution in [3.05, 3.63) is 24.3 Å². The number of rotatable bonds is 3. The smallest absolute Gasteiger partial charge is 0.213 e. The Balaban J connectivity index is 1.98. The lowest BCUT2D eigenvalue weighted by atomic mass is 10.2. The Morgan fingerprint density at radius 2 is 1.94 bits per heavy atom. The van der Waals surface area contributed by atoms with Gasteiger partial charge in [0.1, 0.15) is 5.75 Å². The minimum Gasteiger partial charge on any atom is -0.465 e. The lowest BCUT2D eigenvalue weighted by Gasteiger charge is -2.23. The molecule has 1 saturated heterocycles. The van der Waals surface area contributed by atoms with Crippen molar-refractivity contribution in [3.8, 4) is 5.75 Å². The molecule has 0 aromatic heterocycles. The van der Waals surface area contributed by atoms with Gasteiger partial charge in [-0.1, -0.05) is 12.1 Å². The number of benzene rings is 1. The van der Waals surface area contributed by atoms with E-state index in [1.807, 2.05) is 37.4 Å². The van der Waals surface area contributed by atoms with E-state index < -0.39 is 8.32 Å². The van der Waals surface area contributed by atoms with Crippen LogP contribution in [0.5, 0.6) is 5.75 Å². The van der Waals surface area contributed by atoms with E-state index in [4.69, 9.17) is 9.47 Å². The minimum atomic E-state index is -2.20. The normalized spacial score (nSPS) is 21.2. The summed E-state index contributed by atoms with van der Waals surface area (Å²) in [6, 6.07) is 7.73. The highest BCUT2D eigenvalue weighted by molar-refractivity contribution is 6.83. The van der Waals surface area contributed by atoms with Crippen LogP contribution in [0.1, 0.15) is 19.3 Å². The van der Waals surface area contributed by atoms with Gasteiger partial charge in [0.05, 0.1) is 6.61 Å². The third kappa shape index (κ3) is 3.56. The van der Waals surface area contributed by atoms with Crippen LogP contribution in [0, 0.1) is 0 Å². The third-order valence-electron chi connectivity index (χ3n) is 2.97. The van der Waals surface area contributed by atoms with Crippen LogP contribution in [-0.2, 0) is 4.74 Å². The molecule has 1 N–H and O–H groups in total. The van der Waals surface area contributed by atoms with Gasteiger partial charge in [0, 0.05) is 6.42 Å². The fourth-order valence-electron chi connectivity index (χ4n) is 1.90. The second-order valence-corrected chi connectivity index (χ2v) is 8.69. The molecule has 1 aliphatic heterocycles. The molecule has 0 aliphatic carbocycles. The average Bonchev–Trinajstić information content (AvgIpc) is 2.30. The van der Waals surface area contributed by atoms with Crippen LogP contribution in [0.25, 0.3) is 0 Å². The molecular formula is C13H20O3Si. The summed E-state index contributed by atoms with van der Waals surface area (Å²) in [6.07, 6.45) is 3.15. The fraction of sp³-hybridized carbons (Fsp3) is 0.538. The quantitative estimate of drug-likeness (QED) is 0.836. The zero-order valence-corrected chi connectivity index (χ0v) is 11.5. The van der Waals surface area contributed by atoms with E-state index in [-0.39, 0.29) is 6.29 Å². The average molecular weight is 252 g/mol. The molecule has 1 fully saturated rings. The highest BCUT2D eigenvalue weighted by atomic mass is 28.4. The largest absolute Gasteiger partial charge is 0.465 e. The van der Waals surface area contributed by atoms with Gasteiger partial charge >= 0.3 is 0 Å². The SMILES string of the molecule is C[Si](C)(O)c1ccc(OC2CCCCO2)cc1. The molecule has 4 heteroatoms. The monoisotopic (exact) mass is 252 g/mol. The summed E-state index contributed by atoms with van der Waals surface area (Å²) in [4.78, 5) is 9.97. The summed E-state index contributed by atoms with van der Waals surface area (Å²) in [7, 11) is -2.20. The van der Waals surface area contributed by atoms with Crippen molar-refractivity contribution in [3.63, 3.8) is 0 Å². The minimum absolute atomic E-state index is 0.103. The first-order valence-electron chi connectivity index (χ1n) is 6.17. The first-order valence-corrected chi connectivity index (χ1v) is 9.11. The molecule has 1 unspecified atom stereocenters. The second kappa shape index (κ2) is 5.21. The Hall–Kier alpha value is -0.843. The molecule has 0 spiro atoms. The van der Waals surface area contributed by atoms with Crippen molar-refractivity contribution in [1.82, 2.24) is 0 Å². The van der Waals surface area contributed by atoms with Gasteiger partial charge in [0.2, 0.25) is 8.32 Å². The highest BCUT2D eigenvalue weighted by Gasteiger charge is 2.20. The molecule has 0 radical (unpaired) electrons. The Bertz CT molecular complexity index is 350. The van der Waals surface area contributed by atoms with Crippen LogP contribution in [0.15, 0.2) is 24.3 Å². The predicted molar refractivity (Wildman–Crippen MR) is 70.0 cm³/mol. The molecule has 2 rings (SSSR count). The summed E-state index contributed by atoms with van der Waals surface area (Å²) in [5.74, 6) is 0.818. The summed E-state index contributed by atoms with van der Waals surface area (Å²) in [5.41, 5.74) is 0. The predicted octanol–water partition coefficient (Wildman–Crippen LogP) is 2.00. The standard InChI is InChI=1S/C13H20O3Si/c1-17(2,14)12-8-6-11(7-9-12)16-13-5-3-4-10-15-13/h6-9,13-14H,3-5,10H2,1-2H3. The number of hydrogen-bond acceptors (Lipinski definition) is 3. The molecule has 1 heterocycles. The maximum absolute atomic E-state index is 9.97. The molecular weight excluding hydrogens is 232 g/mol.